The third-order valence-corrected chi connectivity index (χ3v) is 10.4. The second-order valence-electron chi connectivity index (χ2n) is 14.0. The van der Waals surface area contributed by atoms with Gasteiger partial charge in [-0.2, -0.15) is 0 Å². The summed E-state index contributed by atoms with van der Waals surface area (Å²) in [6.07, 6.45) is -2.90. The molecule has 2 N–H and O–H groups in total. The van der Waals surface area contributed by atoms with Crippen LogP contribution in [0.15, 0.2) is 121 Å². The molecular formula is C44H54O9. The molecule has 0 bridgehead atoms. The van der Waals surface area contributed by atoms with Gasteiger partial charge in [-0.25, -0.2) is 4.79 Å². The highest BCUT2D eigenvalue weighted by Gasteiger charge is 2.46. The van der Waals surface area contributed by atoms with Crippen molar-refractivity contribution in [1.29, 1.82) is 0 Å². The van der Waals surface area contributed by atoms with Gasteiger partial charge in [0.25, 0.3) is 0 Å². The van der Waals surface area contributed by atoms with E-state index in [2.05, 4.69) is 13.8 Å². The van der Waals surface area contributed by atoms with Crippen LogP contribution in [0.5, 0.6) is 0 Å². The number of aliphatic hydroxyl groups is 1. The molecule has 0 radical (unpaired) electrons. The van der Waals surface area contributed by atoms with Crippen molar-refractivity contribution in [3.05, 3.63) is 144 Å². The first-order chi connectivity index (χ1) is 25.7. The van der Waals surface area contributed by atoms with Crippen LogP contribution >= 0.6 is 0 Å². The summed E-state index contributed by atoms with van der Waals surface area (Å²) in [6.45, 7) is 9.84. The van der Waals surface area contributed by atoms with Gasteiger partial charge in [0.15, 0.2) is 18.7 Å². The van der Waals surface area contributed by atoms with Gasteiger partial charge in [0.05, 0.1) is 39.1 Å². The molecule has 0 aromatic heterocycles. The maximum atomic E-state index is 11.6. The summed E-state index contributed by atoms with van der Waals surface area (Å²) in [5, 5.41) is 19.2. The maximum absolute atomic E-state index is 11.6. The van der Waals surface area contributed by atoms with Crippen LogP contribution in [-0.4, -0.2) is 59.8 Å². The molecule has 0 saturated carbocycles. The van der Waals surface area contributed by atoms with Gasteiger partial charge in [0.1, 0.15) is 12.2 Å². The van der Waals surface area contributed by atoms with E-state index in [1.54, 1.807) is 0 Å². The Morgan fingerprint density at radius 2 is 0.849 bits per heavy atom. The highest BCUT2D eigenvalue weighted by Crippen LogP contribution is 2.35. The summed E-state index contributed by atoms with van der Waals surface area (Å²) in [4.78, 5) is 11.6. The zero-order chi connectivity index (χ0) is 37.6. The summed E-state index contributed by atoms with van der Waals surface area (Å²) >= 11 is 0. The molecule has 0 aliphatic carbocycles. The van der Waals surface area contributed by atoms with E-state index in [0.29, 0.717) is 26.4 Å². The molecule has 4 aromatic rings. The predicted molar refractivity (Wildman–Crippen MR) is 201 cm³/mol. The van der Waals surface area contributed by atoms with E-state index < -0.39 is 24.7 Å². The van der Waals surface area contributed by atoms with Crippen molar-refractivity contribution in [3.8, 4) is 0 Å². The Morgan fingerprint density at radius 1 is 0.509 bits per heavy atom. The molecule has 53 heavy (non-hydrogen) atoms. The molecule has 2 fully saturated rings. The van der Waals surface area contributed by atoms with Crippen LogP contribution in [0.1, 0.15) is 49.9 Å². The highest BCUT2D eigenvalue weighted by atomic mass is 16.7. The van der Waals surface area contributed by atoms with E-state index in [9.17, 15) is 15.0 Å². The Morgan fingerprint density at radius 3 is 1.21 bits per heavy atom. The Bertz CT molecular complexity index is 1610. The smallest absolute Gasteiger partial charge is 0.333 e. The van der Waals surface area contributed by atoms with Crippen LogP contribution in [0.25, 0.3) is 0 Å². The third-order valence-electron chi connectivity index (χ3n) is 10.4. The number of hydrogen-bond donors (Lipinski definition) is 2. The Labute approximate surface area is 313 Å². The van der Waals surface area contributed by atoms with Gasteiger partial charge in [-0.05, 0) is 45.9 Å². The van der Waals surface area contributed by atoms with Gasteiger partial charge >= 0.3 is 5.97 Å². The van der Waals surface area contributed by atoms with E-state index in [-0.39, 0.29) is 48.6 Å². The van der Waals surface area contributed by atoms with Gasteiger partial charge < -0.3 is 38.6 Å². The molecule has 6 rings (SSSR count). The topological polar surface area (TPSA) is 113 Å². The number of ether oxygens (including phenoxy) is 6. The highest BCUT2D eigenvalue weighted by molar-refractivity contribution is 5.72. The molecule has 9 heteroatoms. The molecule has 0 spiro atoms. The summed E-state index contributed by atoms with van der Waals surface area (Å²) < 4.78 is 36.2. The van der Waals surface area contributed by atoms with Gasteiger partial charge in [-0.1, -0.05) is 149 Å². The second-order valence-corrected chi connectivity index (χ2v) is 14.0. The van der Waals surface area contributed by atoms with Crippen molar-refractivity contribution >= 4 is 5.97 Å². The first-order valence-corrected chi connectivity index (χ1v) is 18.5. The summed E-state index contributed by atoms with van der Waals surface area (Å²) in [6, 6.07) is 39.8. The molecule has 2 saturated heterocycles. The molecule has 2 aliphatic rings. The van der Waals surface area contributed by atoms with E-state index in [1.807, 2.05) is 135 Å². The quantitative estimate of drug-likeness (QED) is 0.135. The van der Waals surface area contributed by atoms with Crippen molar-refractivity contribution in [2.75, 3.05) is 6.61 Å². The fourth-order valence-corrected chi connectivity index (χ4v) is 6.69. The normalized spacial score (nSPS) is 28.4. The molecule has 2 aliphatic heterocycles. The summed E-state index contributed by atoms with van der Waals surface area (Å²) in [5.74, 6) is -0.768. The SMILES string of the molecule is CC1[C@H](C)C(C(=O)O)O[C@@H](OCc2ccccc2)[C@H]1OCc1ccccc1.CC1[C@H](C)C(CO)O[C@@H](OCc2ccccc2)[C@H]1OCc1ccccc1. The van der Waals surface area contributed by atoms with Crippen molar-refractivity contribution in [2.24, 2.45) is 23.7 Å². The third kappa shape index (κ3) is 11.5. The number of carboxylic acids is 1. The Hall–Kier alpha value is -3.93. The Kier molecular flexibility index (Phi) is 15.6. The zero-order valence-electron chi connectivity index (χ0n) is 31.1. The van der Waals surface area contributed by atoms with E-state index in [4.69, 9.17) is 28.4 Å². The lowest BCUT2D eigenvalue weighted by molar-refractivity contribution is -0.290. The molecular weight excluding hydrogens is 672 g/mol. The summed E-state index contributed by atoms with van der Waals surface area (Å²) in [5.41, 5.74) is 4.27. The monoisotopic (exact) mass is 726 g/mol. The summed E-state index contributed by atoms with van der Waals surface area (Å²) in [7, 11) is 0. The van der Waals surface area contributed by atoms with Crippen LogP contribution in [0.3, 0.4) is 0 Å². The van der Waals surface area contributed by atoms with E-state index >= 15 is 0 Å². The van der Waals surface area contributed by atoms with Crippen molar-refractivity contribution in [1.82, 2.24) is 0 Å². The number of rotatable bonds is 14. The molecule has 284 valence electrons. The second kappa shape index (κ2) is 20.5. The van der Waals surface area contributed by atoms with E-state index in [1.165, 1.54) is 0 Å². The van der Waals surface area contributed by atoms with Crippen LogP contribution in [0.2, 0.25) is 0 Å². The maximum Gasteiger partial charge on any atom is 0.333 e. The lowest BCUT2D eigenvalue weighted by Crippen LogP contribution is -2.53. The van der Waals surface area contributed by atoms with Crippen molar-refractivity contribution in [2.45, 2.75) is 91.1 Å². The van der Waals surface area contributed by atoms with Crippen molar-refractivity contribution in [3.63, 3.8) is 0 Å². The van der Waals surface area contributed by atoms with Crippen LogP contribution in [0, 0.1) is 23.7 Å². The molecule has 4 aromatic carbocycles. The number of carbonyl (C=O) groups is 1. The lowest BCUT2D eigenvalue weighted by atomic mass is 9.83. The first kappa shape index (κ1) is 40.3. The number of aliphatic hydroxyl groups excluding tert-OH is 1. The Balaban J connectivity index is 0.000000204. The van der Waals surface area contributed by atoms with Crippen LogP contribution in [-0.2, 0) is 59.6 Å². The average molecular weight is 727 g/mol. The standard InChI is InChI=1S/C22H26O5.C22H28O4/c1-15-16(2)20(25-13-17-9-5-3-6-10-17)22(27-19(15)21(23)24)26-14-18-11-7-4-8-12-18;1-16-17(2)21(24-14-18-9-5-3-6-10-18)22(26-20(16)13-23)25-15-19-11-7-4-8-12-19/h3-12,15-16,19-20,22H,13-14H2,1-2H3,(H,23,24);3-12,16-17,20-23H,13-15H2,1-2H3/t15-,16?,19?,20-,22+;16-,17?,20?,21-,22+/m00/s1. The predicted octanol–water partition coefficient (Wildman–Crippen LogP) is 7.65. The zero-order valence-corrected chi connectivity index (χ0v) is 31.1. The van der Waals surface area contributed by atoms with Gasteiger partial charge in [0, 0.05) is 0 Å². The van der Waals surface area contributed by atoms with Gasteiger partial charge in [0.2, 0.25) is 0 Å². The van der Waals surface area contributed by atoms with Crippen molar-refractivity contribution < 1.29 is 43.4 Å². The lowest BCUT2D eigenvalue weighted by Gasteiger charge is -2.43. The van der Waals surface area contributed by atoms with Gasteiger partial charge in [-0.15, -0.1) is 0 Å². The fourth-order valence-electron chi connectivity index (χ4n) is 6.69. The average Bonchev–Trinajstić information content (AvgIpc) is 3.19. The molecule has 2 heterocycles. The first-order valence-electron chi connectivity index (χ1n) is 18.5. The minimum atomic E-state index is -0.968. The number of benzene rings is 4. The largest absolute Gasteiger partial charge is 0.479 e. The molecule has 10 atom stereocenters. The number of carboxylic acid groups (broad SMARTS) is 1. The van der Waals surface area contributed by atoms with Gasteiger partial charge in [-0.3, -0.25) is 0 Å². The van der Waals surface area contributed by atoms with Crippen LogP contribution < -0.4 is 0 Å². The minimum absolute atomic E-state index is 0.0118. The molecule has 4 unspecified atom stereocenters. The minimum Gasteiger partial charge on any atom is -0.479 e. The molecule has 0 amide bonds. The number of hydrogen-bond acceptors (Lipinski definition) is 8. The number of aliphatic carboxylic acids is 1. The fraction of sp³-hybridized carbons (Fsp3) is 0.432. The molecule has 9 nitrogen and oxygen atoms in total. The van der Waals surface area contributed by atoms with Crippen LogP contribution in [0.4, 0.5) is 0 Å². The van der Waals surface area contributed by atoms with E-state index in [0.717, 1.165) is 22.3 Å².